The topological polar surface area (TPSA) is 63.7 Å². The van der Waals surface area contributed by atoms with E-state index in [1.807, 2.05) is 24.3 Å². The van der Waals surface area contributed by atoms with Crippen molar-refractivity contribution in [3.8, 4) is 11.5 Å². The summed E-state index contributed by atoms with van der Waals surface area (Å²) in [6, 6.07) is 9.52. The zero-order chi connectivity index (χ0) is 17.9. The van der Waals surface area contributed by atoms with Crippen molar-refractivity contribution in [3.63, 3.8) is 0 Å². The van der Waals surface area contributed by atoms with Crippen LogP contribution in [0.1, 0.15) is 29.7 Å². The lowest BCUT2D eigenvalue weighted by Crippen LogP contribution is -2.36. The summed E-state index contributed by atoms with van der Waals surface area (Å²) in [5.74, 6) is 2.14. The van der Waals surface area contributed by atoms with Crippen LogP contribution in [0.25, 0.3) is 0 Å². The quantitative estimate of drug-likeness (QED) is 0.899. The molecule has 1 N–H and O–H groups in total. The Morgan fingerprint density at radius 1 is 1.19 bits per heavy atom. The molecule has 0 fully saturated rings. The van der Waals surface area contributed by atoms with Crippen LogP contribution >= 0.6 is 0 Å². The van der Waals surface area contributed by atoms with Crippen LogP contribution in [-0.2, 0) is 19.4 Å². The summed E-state index contributed by atoms with van der Waals surface area (Å²) in [7, 11) is 1.63. The molecule has 26 heavy (non-hydrogen) atoms. The summed E-state index contributed by atoms with van der Waals surface area (Å²) in [6.07, 6.45) is 4.46. The Morgan fingerprint density at radius 3 is 2.92 bits per heavy atom. The summed E-state index contributed by atoms with van der Waals surface area (Å²) < 4.78 is 11.0. The molecule has 0 saturated carbocycles. The SMILES string of the molecule is COc1ccc2c(c1)OCCN(C(=O)Nc1ccc3c(n1)CCCC3)C2. The number of nitrogens with one attached hydrogen (secondary N) is 1. The molecule has 1 aromatic heterocycles. The molecule has 1 aromatic carbocycles. The van der Waals surface area contributed by atoms with Gasteiger partial charge in [-0.25, -0.2) is 9.78 Å². The summed E-state index contributed by atoms with van der Waals surface area (Å²) in [4.78, 5) is 19.1. The number of ether oxygens (including phenoxy) is 2. The standard InChI is InChI=1S/C20H23N3O3/c1-25-16-8-6-15-13-23(10-11-26-18(15)12-16)20(24)22-19-9-7-14-4-2-3-5-17(14)21-19/h6-9,12H,2-5,10-11,13H2,1H3,(H,21,22,24). The van der Waals surface area contributed by atoms with Crippen molar-refractivity contribution in [2.24, 2.45) is 0 Å². The average molecular weight is 353 g/mol. The van der Waals surface area contributed by atoms with Crippen LogP contribution < -0.4 is 14.8 Å². The van der Waals surface area contributed by atoms with E-state index in [4.69, 9.17) is 9.47 Å². The van der Waals surface area contributed by atoms with Crippen LogP contribution in [0.3, 0.4) is 0 Å². The highest BCUT2D eigenvalue weighted by Crippen LogP contribution is 2.28. The van der Waals surface area contributed by atoms with Gasteiger partial charge in [-0.15, -0.1) is 0 Å². The Hall–Kier alpha value is -2.76. The minimum absolute atomic E-state index is 0.152. The summed E-state index contributed by atoms with van der Waals surface area (Å²) >= 11 is 0. The lowest BCUT2D eigenvalue weighted by atomic mass is 9.96. The molecule has 2 amide bonds. The molecule has 0 spiro atoms. The Balaban J connectivity index is 1.47. The predicted molar refractivity (Wildman–Crippen MR) is 98.8 cm³/mol. The number of pyridine rings is 1. The van der Waals surface area contributed by atoms with Crippen LogP contribution in [0.2, 0.25) is 0 Å². The van der Waals surface area contributed by atoms with E-state index in [-0.39, 0.29) is 6.03 Å². The van der Waals surface area contributed by atoms with E-state index in [0.29, 0.717) is 25.5 Å². The number of anilines is 1. The largest absolute Gasteiger partial charge is 0.497 e. The number of aryl methyl sites for hydroxylation is 2. The fourth-order valence-corrected chi connectivity index (χ4v) is 3.49. The number of urea groups is 1. The van der Waals surface area contributed by atoms with E-state index >= 15 is 0 Å². The maximum atomic E-state index is 12.7. The highest BCUT2D eigenvalue weighted by atomic mass is 16.5. The minimum atomic E-state index is -0.152. The van der Waals surface area contributed by atoms with Crippen molar-refractivity contribution in [1.82, 2.24) is 9.88 Å². The van der Waals surface area contributed by atoms with Gasteiger partial charge in [-0.2, -0.15) is 0 Å². The van der Waals surface area contributed by atoms with Gasteiger partial charge in [-0.3, -0.25) is 5.32 Å². The Labute approximate surface area is 153 Å². The summed E-state index contributed by atoms with van der Waals surface area (Å²) in [6.45, 7) is 1.47. The molecule has 2 heterocycles. The highest BCUT2D eigenvalue weighted by molar-refractivity contribution is 5.88. The second-order valence-corrected chi connectivity index (χ2v) is 6.68. The molecule has 0 saturated heterocycles. The monoisotopic (exact) mass is 353 g/mol. The molecule has 1 aliphatic carbocycles. The smallest absolute Gasteiger partial charge is 0.323 e. The Morgan fingerprint density at radius 2 is 2.04 bits per heavy atom. The van der Waals surface area contributed by atoms with Gasteiger partial charge in [0.25, 0.3) is 0 Å². The van der Waals surface area contributed by atoms with Crippen molar-refractivity contribution in [1.29, 1.82) is 0 Å². The maximum Gasteiger partial charge on any atom is 0.323 e. The number of carbonyl (C=O) groups is 1. The van der Waals surface area contributed by atoms with Gasteiger partial charge in [0, 0.05) is 17.3 Å². The first-order valence-electron chi connectivity index (χ1n) is 9.07. The van der Waals surface area contributed by atoms with E-state index in [1.54, 1.807) is 12.0 Å². The fraction of sp³-hybridized carbons (Fsp3) is 0.400. The number of hydrogen-bond donors (Lipinski definition) is 1. The number of nitrogens with zero attached hydrogens (tertiary/aromatic N) is 2. The highest BCUT2D eigenvalue weighted by Gasteiger charge is 2.21. The zero-order valence-corrected chi connectivity index (χ0v) is 15.0. The number of hydrogen-bond acceptors (Lipinski definition) is 4. The number of aromatic nitrogens is 1. The third-order valence-electron chi connectivity index (χ3n) is 4.95. The van der Waals surface area contributed by atoms with Crippen molar-refractivity contribution in [2.45, 2.75) is 32.2 Å². The first-order chi connectivity index (χ1) is 12.7. The van der Waals surface area contributed by atoms with E-state index in [9.17, 15) is 4.79 Å². The minimum Gasteiger partial charge on any atom is -0.497 e. The average Bonchev–Trinajstić information content (AvgIpc) is 2.89. The molecule has 6 nitrogen and oxygen atoms in total. The predicted octanol–water partition coefficient (Wildman–Crippen LogP) is 3.40. The molecule has 1 aliphatic heterocycles. The van der Waals surface area contributed by atoms with Gasteiger partial charge >= 0.3 is 6.03 Å². The Kier molecular flexibility index (Phi) is 4.65. The van der Waals surface area contributed by atoms with Gasteiger partial charge in [0.05, 0.1) is 20.2 Å². The maximum absolute atomic E-state index is 12.7. The van der Waals surface area contributed by atoms with Gasteiger partial charge in [-0.05, 0) is 49.4 Å². The van der Waals surface area contributed by atoms with Gasteiger partial charge in [-0.1, -0.05) is 6.07 Å². The third kappa shape index (κ3) is 3.45. The molecule has 0 atom stereocenters. The van der Waals surface area contributed by atoms with E-state index < -0.39 is 0 Å². The van der Waals surface area contributed by atoms with Crippen LogP contribution in [-0.4, -0.2) is 36.2 Å². The summed E-state index contributed by atoms with van der Waals surface area (Å²) in [5.41, 5.74) is 3.39. The molecule has 0 radical (unpaired) electrons. The fourth-order valence-electron chi connectivity index (χ4n) is 3.49. The van der Waals surface area contributed by atoms with Crippen LogP contribution in [0.15, 0.2) is 30.3 Å². The number of carbonyl (C=O) groups excluding carboxylic acids is 1. The van der Waals surface area contributed by atoms with Gasteiger partial charge < -0.3 is 14.4 Å². The molecule has 136 valence electrons. The van der Waals surface area contributed by atoms with E-state index in [1.165, 1.54) is 18.4 Å². The first kappa shape index (κ1) is 16.7. The Bertz CT molecular complexity index is 822. The van der Waals surface area contributed by atoms with Crippen molar-refractivity contribution in [2.75, 3.05) is 25.6 Å². The number of benzene rings is 1. The molecular weight excluding hydrogens is 330 g/mol. The molecule has 2 aliphatic rings. The van der Waals surface area contributed by atoms with Gasteiger partial charge in [0.15, 0.2) is 0 Å². The summed E-state index contributed by atoms with van der Waals surface area (Å²) in [5, 5.41) is 2.94. The molecule has 2 aromatic rings. The first-order valence-corrected chi connectivity index (χ1v) is 9.07. The second kappa shape index (κ2) is 7.23. The molecule has 0 unspecified atom stereocenters. The van der Waals surface area contributed by atoms with E-state index in [0.717, 1.165) is 35.6 Å². The number of fused-ring (bicyclic) bond motifs is 2. The normalized spacial score (nSPS) is 16.0. The zero-order valence-electron chi connectivity index (χ0n) is 15.0. The lowest BCUT2D eigenvalue weighted by Gasteiger charge is -2.21. The number of methoxy groups -OCH3 is 1. The van der Waals surface area contributed by atoms with Crippen LogP contribution in [0.5, 0.6) is 11.5 Å². The van der Waals surface area contributed by atoms with Crippen molar-refractivity contribution >= 4 is 11.8 Å². The number of amides is 2. The van der Waals surface area contributed by atoms with Gasteiger partial charge in [0.1, 0.15) is 23.9 Å². The van der Waals surface area contributed by atoms with Crippen LogP contribution in [0.4, 0.5) is 10.6 Å². The van der Waals surface area contributed by atoms with E-state index in [2.05, 4.69) is 16.4 Å². The van der Waals surface area contributed by atoms with Gasteiger partial charge in [0.2, 0.25) is 0 Å². The molecule has 0 bridgehead atoms. The molecule has 4 rings (SSSR count). The van der Waals surface area contributed by atoms with Crippen molar-refractivity contribution < 1.29 is 14.3 Å². The molecular formula is C20H23N3O3. The van der Waals surface area contributed by atoms with Crippen molar-refractivity contribution in [3.05, 3.63) is 47.2 Å². The number of rotatable bonds is 2. The lowest BCUT2D eigenvalue weighted by molar-refractivity contribution is 0.200. The molecule has 6 heteroatoms. The van der Waals surface area contributed by atoms with Crippen LogP contribution in [0, 0.1) is 0 Å². The second-order valence-electron chi connectivity index (χ2n) is 6.68. The third-order valence-corrected chi connectivity index (χ3v) is 4.95.